The van der Waals surface area contributed by atoms with E-state index in [0.717, 1.165) is 25.7 Å². The van der Waals surface area contributed by atoms with E-state index < -0.39 is 12.0 Å². The van der Waals surface area contributed by atoms with Crippen molar-refractivity contribution in [1.82, 2.24) is 10.2 Å². The number of nitrogens with one attached hydrogen (secondary N) is 1. The van der Waals surface area contributed by atoms with Gasteiger partial charge in [0.1, 0.15) is 6.04 Å². The van der Waals surface area contributed by atoms with Gasteiger partial charge in [0.05, 0.1) is 0 Å². The van der Waals surface area contributed by atoms with Crippen LogP contribution in [0.2, 0.25) is 0 Å². The molecule has 2 N–H and O–H groups in total. The highest BCUT2D eigenvalue weighted by molar-refractivity contribution is 5.84. The number of carbonyl (C=O) groups excluding carboxylic acids is 1. The standard InChI is InChI=1S/C15H22N2O3/c1-3-6-11(4-2)16-15(20)17-9-10-7-5-8-12(10)13(17)14(18)19/h1,10-13H,4-9H2,2H3,(H,16,20)(H,18,19). The van der Waals surface area contributed by atoms with Gasteiger partial charge in [0, 0.05) is 19.0 Å². The molecule has 1 heterocycles. The number of carboxylic acids is 1. The number of carbonyl (C=O) groups is 2. The lowest BCUT2D eigenvalue weighted by atomic mass is 9.94. The van der Waals surface area contributed by atoms with E-state index in [1.807, 2.05) is 6.92 Å². The fourth-order valence-electron chi connectivity index (χ4n) is 3.53. The molecule has 1 aliphatic carbocycles. The number of hydrogen-bond acceptors (Lipinski definition) is 2. The van der Waals surface area contributed by atoms with Crippen molar-refractivity contribution in [1.29, 1.82) is 0 Å². The Balaban J connectivity index is 2.05. The molecule has 0 aromatic heterocycles. The maximum atomic E-state index is 12.3. The summed E-state index contributed by atoms with van der Waals surface area (Å²) in [5, 5.41) is 12.3. The SMILES string of the molecule is C#CCC(CC)NC(=O)N1CC2CCCC2C1C(=O)O. The summed E-state index contributed by atoms with van der Waals surface area (Å²) >= 11 is 0. The predicted molar refractivity (Wildman–Crippen MR) is 75.0 cm³/mol. The second kappa shape index (κ2) is 6.17. The van der Waals surface area contributed by atoms with Gasteiger partial charge in [0.2, 0.25) is 0 Å². The minimum Gasteiger partial charge on any atom is -0.480 e. The molecule has 1 saturated carbocycles. The van der Waals surface area contributed by atoms with Gasteiger partial charge in [0.15, 0.2) is 0 Å². The van der Waals surface area contributed by atoms with Gasteiger partial charge in [-0.3, -0.25) is 0 Å². The quantitative estimate of drug-likeness (QED) is 0.769. The Hall–Kier alpha value is -1.70. The van der Waals surface area contributed by atoms with Gasteiger partial charge in [-0.2, -0.15) is 0 Å². The zero-order valence-electron chi connectivity index (χ0n) is 11.8. The van der Waals surface area contributed by atoms with Crippen molar-refractivity contribution in [3.8, 4) is 12.3 Å². The molecule has 2 aliphatic rings. The number of fused-ring (bicyclic) bond motifs is 1. The Labute approximate surface area is 119 Å². The van der Waals surface area contributed by atoms with Gasteiger partial charge in [0.25, 0.3) is 0 Å². The second-order valence-electron chi connectivity index (χ2n) is 5.75. The van der Waals surface area contributed by atoms with E-state index in [2.05, 4.69) is 11.2 Å². The molecule has 2 rings (SSSR count). The molecular weight excluding hydrogens is 256 g/mol. The molecule has 0 radical (unpaired) electrons. The Bertz CT molecular complexity index is 429. The van der Waals surface area contributed by atoms with Crippen LogP contribution >= 0.6 is 0 Å². The fraction of sp³-hybridized carbons (Fsp3) is 0.733. The highest BCUT2D eigenvalue weighted by atomic mass is 16.4. The Morgan fingerprint density at radius 1 is 1.50 bits per heavy atom. The van der Waals surface area contributed by atoms with Crippen LogP contribution in [0.25, 0.3) is 0 Å². The number of nitrogens with zero attached hydrogens (tertiary/aromatic N) is 1. The van der Waals surface area contributed by atoms with Crippen LogP contribution < -0.4 is 5.32 Å². The summed E-state index contributed by atoms with van der Waals surface area (Å²) < 4.78 is 0. The molecule has 2 fully saturated rings. The van der Waals surface area contributed by atoms with Crippen LogP contribution in [-0.2, 0) is 4.79 Å². The molecule has 0 spiro atoms. The van der Waals surface area contributed by atoms with Crippen molar-refractivity contribution in [2.24, 2.45) is 11.8 Å². The van der Waals surface area contributed by atoms with Crippen molar-refractivity contribution in [2.75, 3.05) is 6.54 Å². The van der Waals surface area contributed by atoms with Crippen molar-refractivity contribution in [3.05, 3.63) is 0 Å². The van der Waals surface area contributed by atoms with Crippen molar-refractivity contribution >= 4 is 12.0 Å². The Morgan fingerprint density at radius 3 is 2.85 bits per heavy atom. The topological polar surface area (TPSA) is 69.6 Å². The molecule has 4 atom stereocenters. The van der Waals surface area contributed by atoms with E-state index in [1.54, 1.807) is 0 Å². The number of aliphatic carboxylic acids is 1. The third-order valence-electron chi connectivity index (χ3n) is 4.59. The van der Waals surface area contributed by atoms with Gasteiger partial charge >= 0.3 is 12.0 Å². The van der Waals surface area contributed by atoms with E-state index in [0.29, 0.717) is 18.9 Å². The largest absolute Gasteiger partial charge is 0.480 e. The lowest BCUT2D eigenvalue weighted by molar-refractivity contribution is -0.142. The third-order valence-corrected chi connectivity index (χ3v) is 4.59. The van der Waals surface area contributed by atoms with Crippen LogP contribution in [-0.4, -0.2) is 40.6 Å². The second-order valence-corrected chi connectivity index (χ2v) is 5.75. The first kappa shape index (κ1) is 14.7. The number of terminal acetylenes is 1. The zero-order chi connectivity index (χ0) is 14.7. The number of amides is 2. The van der Waals surface area contributed by atoms with Crippen molar-refractivity contribution in [2.45, 2.75) is 51.1 Å². The highest BCUT2D eigenvalue weighted by Crippen LogP contribution is 2.42. The molecule has 110 valence electrons. The van der Waals surface area contributed by atoms with Crippen molar-refractivity contribution in [3.63, 3.8) is 0 Å². The summed E-state index contributed by atoms with van der Waals surface area (Å²) in [7, 11) is 0. The molecule has 0 aromatic carbocycles. The monoisotopic (exact) mass is 278 g/mol. The maximum absolute atomic E-state index is 12.3. The van der Waals surface area contributed by atoms with Crippen LogP contribution in [0.5, 0.6) is 0 Å². The van der Waals surface area contributed by atoms with Gasteiger partial charge in [-0.05, 0) is 31.1 Å². The lowest BCUT2D eigenvalue weighted by Crippen LogP contribution is -2.50. The van der Waals surface area contributed by atoms with E-state index in [1.165, 1.54) is 4.90 Å². The normalized spacial score (nSPS) is 29.6. The summed E-state index contributed by atoms with van der Waals surface area (Å²) in [5.41, 5.74) is 0. The smallest absolute Gasteiger partial charge is 0.326 e. The van der Waals surface area contributed by atoms with Crippen LogP contribution in [0.4, 0.5) is 4.79 Å². The number of urea groups is 1. The average Bonchev–Trinajstić information content (AvgIpc) is 2.97. The number of carboxylic acid groups (broad SMARTS) is 1. The first-order valence-corrected chi connectivity index (χ1v) is 7.31. The molecule has 1 aliphatic heterocycles. The van der Waals surface area contributed by atoms with Gasteiger partial charge in [-0.15, -0.1) is 12.3 Å². The molecule has 1 saturated heterocycles. The summed E-state index contributed by atoms with van der Waals surface area (Å²) in [6.45, 7) is 2.51. The van der Waals surface area contributed by atoms with E-state index >= 15 is 0 Å². The van der Waals surface area contributed by atoms with E-state index in [9.17, 15) is 14.7 Å². The molecule has 5 nitrogen and oxygen atoms in total. The molecule has 0 aromatic rings. The van der Waals surface area contributed by atoms with Crippen molar-refractivity contribution < 1.29 is 14.7 Å². The first-order valence-electron chi connectivity index (χ1n) is 7.31. The Morgan fingerprint density at radius 2 is 2.25 bits per heavy atom. The van der Waals surface area contributed by atoms with Gasteiger partial charge in [-0.1, -0.05) is 13.3 Å². The average molecular weight is 278 g/mol. The molecule has 0 bridgehead atoms. The molecular formula is C15H22N2O3. The summed E-state index contributed by atoms with van der Waals surface area (Å²) in [5.74, 6) is 2.11. The third kappa shape index (κ3) is 2.74. The first-order chi connectivity index (χ1) is 9.58. The molecule has 20 heavy (non-hydrogen) atoms. The van der Waals surface area contributed by atoms with E-state index in [-0.39, 0.29) is 18.0 Å². The van der Waals surface area contributed by atoms with Gasteiger partial charge < -0.3 is 15.3 Å². The molecule has 5 heteroatoms. The summed E-state index contributed by atoms with van der Waals surface area (Å²) in [4.78, 5) is 25.3. The minimum atomic E-state index is -0.889. The highest BCUT2D eigenvalue weighted by Gasteiger charge is 2.49. The number of likely N-dealkylation sites (tertiary alicyclic amines) is 1. The van der Waals surface area contributed by atoms with Crippen LogP contribution in [0.15, 0.2) is 0 Å². The molecule has 2 amide bonds. The van der Waals surface area contributed by atoms with Crippen LogP contribution in [0.1, 0.15) is 39.0 Å². The molecule has 4 unspecified atom stereocenters. The Kier molecular flexibility index (Phi) is 4.53. The van der Waals surface area contributed by atoms with Crippen LogP contribution in [0.3, 0.4) is 0 Å². The number of hydrogen-bond donors (Lipinski definition) is 2. The minimum absolute atomic E-state index is 0.0811. The maximum Gasteiger partial charge on any atom is 0.326 e. The zero-order valence-corrected chi connectivity index (χ0v) is 11.8. The van der Waals surface area contributed by atoms with Gasteiger partial charge in [-0.25, -0.2) is 9.59 Å². The van der Waals surface area contributed by atoms with E-state index in [4.69, 9.17) is 6.42 Å². The fourth-order valence-corrected chi connectivity index (χ4v) is 3.53. The summed E-state index contributed by atoms with van der Waals surface area (Å²) in [6.07, 6.45) is 9.50. The van der Waals surface area contributed by atoms with Crippen LogP contribution in [0, 0.1) is 24.2 Å². The summed E-state index contributed by atoms with van der Waals surface area (Å²) in [6, 6.07) is -1.04. The predicted octanol–water partition coefficient (Wildman–Crippen LogP) is 1.68. The lowest BCUT2D eigenvalue weighted by Gasteiger charge is -2.26. The number of rotatable bonds is 4.